The summed E-state index contributed by atoms with van der Waals surface area (Å²) in [5.74, 6) is 0.515. The van der Waals surface area contributed by atoms with Gasteiger partial charge in [-0.15, -0.1) is 0 Å². The first-order chi connectivity index (χ1) is 20.6. The van der Waals surface area contributed by atoms with Crippen molar-refractivity contribution >= 4 is 23.3 Å². The van der Waals surface area contributed by atoms with E-state index in [1.807, 2.05) is 13.8 Å². The molecular weight excluding hydrogens is 551 g/mol. The van der Waals surface area contributed by atoms with Crippen molar-refractivity contribution in [2.45, 2.75) is 71.1 Å². The number of benzene rings is 2. The third-order valence-corrected chi connectivity index (χ3v) is 8.17. The lowest BCUT2D eigenvalue weighted by Gasteiger charge is -2.36. The van der Waals surface area contributed by atoms with Gasteiger partial charge in [0.1, 0.15) is 11.6 Å². The Kier molecular flexibility index (Phi) is 11.8. The molecule has 236 valence electrons. The van der Waals surface area contributed by atoms with Crippen molar-refractivity contribution in [2.24, 2.45) is 11.8 Å². The van der Waals surface area contributed by atoms with E-state index in [1.54, 1.807) is 23.1 Å². The van der Waals surface area contributed by atoms with Crippen molar-refractivity contribution in [3.05, 3.63) is 53.8 Å². The molecule has 0 aromatic heterocycles. The molecule has 3 N–H and O–H groups in total. The van der Waals surface area contributed by atoms with E-state index in [9.17, 15) is 19.1 Å². The number of hydrogen-bond acceptors (Lipinski definition) is 6. The first kappa shape index (κ1) is 32.7. The molecule has 4 atom stereocenters. The Morgan fingerprint density at radius 3 is 2.47 bits per heavy atom. The van der Waals surface area contributed by atoms with E-state index in [2.05, 4.69) is 29.5 Å². The Labute approximate surface area is 254 Å². The van der Waals surface area contributed by atoms with Crippen LogP contribution in [0.25, 0.3) is 0 Å². The summed E-state index contributed by atoms with van der Waals surface area (Å²) in [5, 5.41) is 15.6. The maximum absolute atomic E-state index is 14.2. The Morgan fingerprint density at radius 1 is 1.07 bits per heavy atom. The number of amides is 3. The number of hydrogen-bond donors (Lipinski definition) is 3. The van der Waals surface area contributed by atoms with Crippen LogP contribution in [0.5, 0.6) is 5.75 Å². The van der Waals surface area contributed by atoms with Gasteiger partial charge in [-0.1, -0.05) is 6.92 Å². The summed E-state index contributed by atoms with van der Waals surface area (Å²) in [4.78, 5) is 31.0. The first-order valence-electron chi connectivity index (χ1n) is 15.5. The Balaban J connectivity index is 1.58. The number of urea groups is 1. The Bertz CT molecular complexity index is 1210. The van der Waals surface area contributed by atoms with Crippen LogP contribution in [0, 0.1) is 17.7 Å². The van der Waals surface area contributed by atoms with E-state index in [4.69, 9.17) is 9.47 Å². The van der Waals surface area contributed by atoms with Crippen LogP contribution in [0.4, 0.5) is 20.6 Å². The van der Waals surface area contributed by atoms with Gasteiger partial charge in [-0.3, -0.25) is 4.79 Å². The van der Waals surface area contributed by atoms with Crippen LogP contribution < -0.4 is 15.4 Å². The zero-order valence-corrected chi connectivity index (χ0v) is 25.9. The van der Waals surface area contributed by atoms with Gasteiger partial charge in [-0.2, -0.15) is 0 Å². The monoisotopic (exact) mass is 598 g/mol. The van der Waals surface area contributed by atoms with E-state index in [-0.39, 0.29) is 30.6 Å². The third-order valence-electron chi connectivity index (χ3n) is 8.17. The van der Waals surface area contributed by atoms with Gasteiger partial charge in [0, 0.05) is 43.5 Å². The number of aliphatic hydroxyl groups excluding tert-OH is 1. The van der Waals surface area contributed by atoms with Crippen LogP contribution in [-0.2, 0) is 4.74 Å². The highest BCUT2D eigenvalue weighted by Gasteiger charge is 2.31. The number of nitrogens with zero attached hydrogens (tertiary/aromatic N) is 2. The van der Waals surface area contributed by atoms with Crippen molar-refractivity contribution in [1.29, 1.82) is 0 Å². The smallest absolute Gasteiger partial charge is 0.323 e. The highest BCUT2D eigenvalue weighted by atomic mass is 19.1. The molecule has 2 aromatic rings. The van der Waals surface area contributed by atoms with Crippen LogP contribution in [-0.4, -0.2) is 85.0 Å². The quantitative estimate of drug-likeness (QED) is 0.365. The number of fused-ring (bicyclic) bond motifs is 1. The van der Waals surface area contributed by atoms with Gasteiger partial charge in [0.25, 0.3) is 5.91 Å². The minimum atomic E-state index is -0.529. The van der Waals surface area contributed by atoms with Gasteiger partial charge >= 0.3 is 6.03 Å². The van der Waals surface area contributed by atoms with E-state index in [0.29, 0.717) is 35.8 Å². The molecule has 0 saturated heterocycles. The number of nitrogens with one attached hydrogen (secondary N) is 2. The molecule has 4 rings (SSSR count). The number of anilines is 2. The molecule has 1 aliphatic carbocycles. The van der Waals surface area contributed by atoms with Crippen molar-refractivity contribution in [1.82, 2.24) is 9.80 Å². The number of likely N-dealkylation sites (N-methyl/N-ethyl adjacent to an activating group) is 1. The summed E-state index contributed by atoms with van der Waals surface area (Å²) < 4.78 is 26.0. The van der Waals surface area contributed by atoms with Crippen molar-refractivity contribution < 1.29 is 28.6 Å². The molecule has 2 aliphatic rings. The lowest BCUT2D eigenvalue weighted by molar-refractivity contribution is -0.0172. The maximum Gasteiger partial charge on any atom is 0.323 e. The summed E-state index contributed by atoms with van der Waals surface area (Å²) in [6, 6.07) is 9.48. The molecule has 2 aromatic carbocycles. The standard InChI is InChI=1S/C33H47FN4O5/c1-22-18-38(23(2)21-39)32(40)29-17-28(36-33(41)35-27-12-10-26(34)11-13-27)14-15-30(29)43-24(3)7-5-6-16-42-31(22)20-37(4)19-25-8-9-25/h10-15,17,22-25,31,39H,5-9,16,18-21H2,1-4H3,(H2,35,36,41)/t22-,23+,24+,31+/m1/s1. The Hall–Kier alpha value is -3.21. The molecule has 1 aliphatic heterocycles. The highest BCUT2D eigenvalue weighted by molar-refractivity contribution is 6.02. The fraction of sp³-hybridized carbons (Fsp3) is 0.576. The molecule has 9 nitrogen and oxygen atoms in total. The summed E-state index contributed by atoms with van der Waals surface area (Å²) in [6.45, 7) is 8.57. The fourth-order valence-electron chi connectivity index (χ4n) is 5.41. The second kappa shape index (κ2) is 15.5. The number of ether oxygens (including phenoxy) is 2. The summed E-state index contributed by atoms with van der Waals surface area (Å²) in [6.07, 6.45) is 5.01. The largest absolute Gasteiger partial charge is 0.490 e. The van der Waals surface area contributed by atoms with E-state index in [1.165, 1.54) is 37.1 Å². The van der Waals surface area contributed by atoms with Crippen LogP contribution >= 0.6 is 0 Å². The lowest BCUT2D eigenvalue weighted by Crippen LogP contribution is -2.47. The van der Waals surface area contributed by atoms with Crippen LogP contribution in [0.15, 0.2) is 42.5 Å². The molecule has 1 saturated carbocycles. The topological polar surface area (TPSA) is 103 Å². The molecule has 1 fully saturated rings. The van der Waals surface area contributed by atoms with Crippen LogP contribution in [0.1, 0.15) is 63.2 Å². The van der Waals surface area contributed by atoms with Gasteiger partial charge < -0.3 is 35.0 Å². The van der Waals surface area contributed by atoms with Crippen LogP contribution in [0.3, 0.4) is 0 Å². The summed E-state index contributed by atoms with van der Waals surface area (Å²) >= 11 is 0. The zero-order chi connectivity index (χ0) is 30.9. The van der Waals surface area contributed by atoms with Crippen molar-refractivity contribution in [3.63, 3.8) is 0 Å². The van der Waals surface area contributed by atoms with E-state index < -0.39 is 17.9 Å². The van der Waals surface area contributed by atoms with E-state index >= 15 is 0 Å². The molecule has 43 heavy (non-hydrogen) atoms. The summed E-state index contributed by atoms with van der Waals surface area (Å²) in [7, 11) is 2.13. The average Bonchev–Trinajstić information content (AvgIpc) is 3.79. The van der Waals surface area contributed by atoms with Crippen molar-refractivity contribution in [2.75, 3.05) is 50.5 Å². The fourth-order valence-corrected chi connectivity index (χ4v) is 5.41. The molecular formula is C33H47FN4O5. The van der Waals surface area contributed by atoms with Gasteiger partial charge in [0.2, 0.25) is 0 Å². The normalized spacial score (nSPS) is 22.7. The predicted octanol–water partition coefficient (Wildman–Crippen LogP) is 5.61. The summed E-state index contributed by atoms with van der Waals surface area (Å²) in [5.41, 5.74) is 1.14. The van der Waals surface area contributed by atoms with Gasteiger partial charge in [0.15, 0.2) is 0 Å². The third kappa shape index (κ3) is 9.91. The van der Waals surface area contributed by atoms with Gasteiger partial charge in [-0.05, 0) is 101 Å². The highest BCUT2D eigenvalue weighted by Crippen LogP contribution is 2.31. The second-order valence-corrected chi connectivity index (χ2v) is 12.3. The van der Waals surface area contributed by atoms with Crippen LogP contribution in [0.2, 0.25) is 0 Å². The predicted molar refractivity (Wildman–Crippen MR) is 166 cm³/mol. The molecule has 0 radical (unpaired) electrons. The molecule has 10 heteroatoms. The van der Waals surface area contributed by atoms with Crippen molar-refractivity contribution in [3.8, 4) is 5.75 Å². The second-order valence-electron chi connectivity index (χ2n) is 12.3. The SMILES string of the molecule is C[C@@H]1CN([C@@H](C)CO)C(=O)c2cc(NC(=O)Nc3ccc(F)cc3)ccc2O[C@@H](C)CCCCO[C@H]1CN(C)CC1CC1. The lowest BCUT2D eigenvalue weighted by atomic mass is 10.0. The minimum absolute atomic E-state index is 0.00799. The van der Waals surface area contributed by atoms with E-state index in [0.717, 1.165) is 38.3 Å². The number of carbonyl (C=O) groups excluding carboxylic acids is 2. The molecule has 3 amide bonds. The number of carbonyl (C=O) groups is 2. The first-order valence-corrected chi connectivity index (χ1v) is 15.5. The maximum atomic E-state index is 14.2. The molecule has 1 heterocycles. The minimum Gasteiger partial charge on any atom is -0.490 e. The Morgan fingerprint density at radius 2 is 1.77 bits per heavy atom. The molecule has 0 bridgehead atoms. The zero-order valence-electron chi connectivity index (χ0n) is 25.9. The number of halogens is 1. The number of aliphatic hydroxyl groups is 1. The number of rotatable bonds is 8. The average molecular weight is 599 g/mol. The molecule has 0 spiro atoms. The van der Waals surface area contributed by atoms with Gasteiger partial charge in [0.05, 0.1) is 30.4 Å². The van der Waals surface area contributed by atoms with Gasteiger partial charge in [-0.25, -0.2) is 9.18 Å². The molecule has 0 unspecified atom stereocenters.